The molecule has 0 aromatic heterocycles. The van der Waals surface area contributed by atoms with Crippen molar-refractivity contribution in [1.29, 1.82) is 0 Å². The summed E-state index contributed by atoms with van der Waals surface area (Å²) >= 11 is 1.22. The highest BCUT2D eigenvalue weighted by molar-refractivity contribution is 7.97. The number of rotatable bonds is 5. The van der Waals surface area contributed by atoms with Crippen LogP contribution in [-0.2, 0) is 6.18 Å². The average Bonchev–Trinajstić information content (AvgIpc) is 2.58. The average molecular weight is 356 g/mol. The van der Waals surface area contributed by atoms with Gasteiger partial charge >= 0.3 is 6.18 Å². The molecule has 0 spiro atoms. The molecule has 0 aliphatic heterocycles. The number of benzene rings is 2. The number of carbonyl (C=O) groups is 1. The molecule has 128 valence electrons. The molecule has 24 heavy (non-hydrogen) atoms. The van der Waals surface area contributed by atoms with Crippen LogP contribution in [0.3, 0.4) is 0 Å². The fraction of sp³-hybridized carbons (Fsp3) is 0.188. The summed E-state index contributed by atoms with van der Waals surface area (Å²) in [6, 6.07) is 11.4. The molecular weight excluding hydrogens is 341 g/mol. The van der Waals surface area contributed by atoms with Crippen LogP contribution in [0.5, 0.6) is 0 Å². The first kappa shape index (κ1) is 18.3. The highest BCUT2D eigenvalue weighted by Crippen LogP contribution is 2.30. The topological polar surface area (TPSA) is 61.4 Å². The van der Waals surface area contributed by atoms with Gasteiger partial charge < -0.3 is 0 Å². The van der Waals surface area contributed by atoms with E-state index in [9.17, 15) is 18.0 Å². The van der Waals surface area contributed by atoms with Crippen LogP contribution >= 0.6 is 11.9 Å². The Labute approximate surface area is 141 Å². The van der Waals surface area contributed by atoms with Crippen LogP contribution in [0.25, 0.3) is 0 Å². The zero-order chi connectivity index (χ0) is 17.7. The Bertz CT molecular complexity index is 688. The van der Waals surface area contributed by atoms with Crippen LogP contribution in [0.4, 0.5) is 13.2 Å². The van der Waals surface area contributed by atoms with Crippen molar-refractivity contribution in [2.45, 2.75) is 24.0 Å². The molecule has 8 heteroatoms. The maximum absolute atomic E-state index is 12.5. The van der Waals surface area contributed by atoms with Gasteiger partial charge in [-0.1, -0.05) is 12.1 Å². The molecule has 2 rings (SSSR count). The molecule has 0 aliphatic carbocycles. The van der Waals surface area contributed by atoms with Gasteiger partial charge in [-0.2, -0.15) is 13.2 Å². The normalized spacial score (nSPS) is 12.7. The minimum absolute atomic E-state index is 0.0940. The predicted octanol–water partition coefficient (Wildman–Crippen LogP) is 4.18. The molecule has 1 amide bonds. The first-order valence-electron chi connectivity index (χ1n) is 6.95. The Morgan fingerprint density at radius 2 is 1.67 bits per heavy atom. The Morgan fingerprint density at radius 3 is 2.17 bits per heavy atom. The van der Waals surface area contributed by atoms with E-state index in [0.717, 1.165) is 17.7 Å². The summed E-state index contributed by atoms with van der Waals surface area (Å²) in [6.45, 7) is 1.89. The summed E-state index contributed by atoms with van der Waals surface area (Å²) in [5.41, 5.74) is 2.09. The molecule has 0 saturated carbocycles. The van der Waals surface area contributed by atoms with Crippen LogP contribution in [0.1, 0.15) is 34.5 Å². The van der Waals surface area contributed by atoms with E-state index in [2.05, 4.69) is 4.72 Å². The number of halogens is 3. The van der Waals surface area contributed by atoms with E-state index in [1.807, 2.05) is 6.92 Å². The van der Waals surface area contributed by atoms with Crippen LogP contribution in [0.15, 0.2) is 53.4 Å². The standard InChI is InChI=1S/C16H15F3N2O2S/c1-10(11-2-4-12(5-3-11)15(22)20-23)21-24-14-8-6-13(7-9-14)16(17,18)19/h2-10,21,23H,1H3,(H,20,22). The lowest BCUT2D eigenvalue weighted by molar-refractivity contribution is -0.137. The van der Waals surface area contributed by atoms with Crippen LogP contribution < -0.4 is 10.2 Å². The zero-order valence-corrected chi connectivity index (χ0v) is 13.4. The van der Waals surface area contributed by atoms with Crippen LogP contribution in [0.2, 0.25) is 0 Å². The number of hydroxylamine groups is 1. The second kappa shape index (κ2) is 7.69. The van der Waals surface area contributed by atoms with Gasteiger partial charge in [-0.25, -0.2) is 5.48 Å². The smallest absolute Gasteiger partial charge is 0.288 e. The molecule has 2 aromatic carbocycles. The molecule has 2 aromatic rings. The van der Waals surface area contributed by atoms with E-state index in [1.165, 1.54) is 24.1 Å². The van der Waals surface area contributed by atoms with Gasteiger partial charge in [0, 0.05) is 16.5 Å². The van der Waals surface area contributed by atoms with Crippen LogP contribution in [-0.4, -0.2) is 11.1 Å². The zero-order valence-electron chi connectivity index (χ0n) is 12.6. The van der Waals surface area contributed by atoms with Crippen molar-refractivity contribution >= 4 is 17.9 Å². The van der Waals surface area contributed by atoms with Crippen molar-refractivity contribution in [3.05, 3.63) is 65.2 Å². The quantitative estimate of drug-likeness (QED) is 0.427. The molecule has 3 N–H and O–H groups in total. The van der Waals surface area contributed by atoms with E-state index in [-0.39, 0.29) is 6.04 Å². The fourth-order valence-corrected chi connectivity index (χ4v) is 2.65. The lowest BCUT2D eigenvalue weighted by Gasteiger charge is -2.14. The van der Waals surface area contributed by atoms with E-state index in [4.69, 9.17) is 5.21 Å². The van der Waals surface area contributed by atoms with Gasteiger partial charge in [-0.15, -0.1) is 0 Å². The number of hydrogen-bond acceptors (Lipinski definition) is 4. The third-order valence-corrected chi connectivity index (χ3v) is 4.29. The van der Waals surface area contributed by atoms with Gasteiger partial charge in [0.1, 0.15) is 0 Å². The lowest BCUT2D eigenvalue weighted by atomic mass is 10.1. The number of amides is 1. The maximum atomic E-state index is 12.5. The highest BCUT2D eigenvalue weighted by atomic mass is 32.2. The third-order valence-electron chi connectivity index (χ3n) is 3.31. The summed E-state index contributed by atoms with van der Waals surface area (Å²) < 4.78 is 40.6. The SMILES string of the molecule is CC(NSc1ccc(C(F)(F)F)cc1)c1ccc(C(=O)NO)cc1. The van der Waals surface area contributed by atoms with E-state index >= 15 is 0 Å². The van der Waals surface area contributed by atoms with Crippen LogP contribution in [0, 0.1) is 0 Å². The van der Waals surface area contributed by atoms with Crippen molar-refractivity contribution in [2.24, 2.45) is 0 Å². The molecule has 1 atom stereocenters. The Hall–Kier alpha value is -2.03. The van der Waals surface area contributed by atoms with E-state index < -0.39 is 17.6 Å². The van der Waals surface area contributed by atoms with Crippen molar-refractivity contribution in [3.63, 3.8) is 0 Å². The van der Waals surface area contributed by atoms with Crippen molar-refractivity contribution < 1.29 is 23.2 Å². The highest BCUT2D eigenvalue weighted by Gasteiger charge is 2.29. The number of nitrogens with one attached hydrogen (secondary N) is 2. The van der Waals surface area contributed by atoms with Crippen molar-refractivity contribution in [2.75, 3.05) is 0 Å². The summed E-state index contributed by atoms with van der Waals surface area (Å²) in [4.78, 5) is 11.9. The molecule has 0 heterocycles. The molecule has 0 bridgehead atoms. The molecule has 4 nitrogen and oxygen atoms in total. The number of carbonyl (C=O) groups excluding carboxylic acids is 1. The van der Waals surface area contributed by atoms with E-state index in [0.29, 0.717) is 10.5 Å². The number of hydrogen-bond donors (Lipinski definition) is 3. The summed E-state index contributed by atoms with van der Waals surface area (Å²) in [5.74, 6) is -0.596. The molecule has 0 fully saturated rings. The fourth-order valence-electron chi connectivity index (χ4n) is 1.92. The minimum Gasteiger partial charge on any atom is -0.288 e. The number of alkyl halides is 3. The summed E-state index contributed by atoms with van der Waals surface area (Å²) in [6.07, 6.45) is -4.34. The molecule has 0 radical (unpaired) electrons. The minimum atomic E-state index is -4.34. The van der Waals surface area contributed by atoms with Gasteiger partial charge in [0.25, 0.3) is 5.91 Å². The lowest BCUT2D eigenvalue weighted by Crippen LogP contribution is -2.18. The molecule has 0 saturated heterocycles. The second-order valence-corrected chi connectivity index (χ2v) is 5.94. The van der Waals surface area contributed by atoms with E-state index in [1.54, 1.807) is 29.7 Å². The predicted molar refractivity (Wildman–Crippen MR) is 84.5 cm³/mol. The van der Waals surface area contributed by atoms with Crippen molar-refractivity contribution in [3.8, 4) is 0 Å². The molecule has 1 unspecified atom stereocenters. The first-order valence-corrected chi connectivity index (χ1v) is 7.77. The monoisotopic (exact) mass is 356 g/mol. The molecule has 0 aliphatic rings. The first-order chi connectivity index (χ1) is 11.3. The Kier molecular flexibility index (Phi) is 5.87. The van der Waals surface area contributed by atoms with Crippen molar-refractivity contribution in [1.82, 2.24) is 10.2 Å². The van der Waals surface area contributed by atoms with Gasteiger partial charge in [0.15, 0.2) is 0 Å². The Balaban J connectivity index is 1.95. The Morgan fingerprint density at radius 1 is 1.08 bits per heavy atom. The second-order valence-electron chi connectivity index (χ2n) is 5.03. The molecular formula is C16H15F3N2O2S. The third kappa shape index (κ3) is 4.73. The summed E-state index contributed by atoms with van der Waals surface area (Å²) in [7, 11) is 0. The van der Waals surface area contributed by atoms with Gasteiger partial charge in [0.05, 0.1) is 5.56 Å². The maximum Gasteiger partial charge on any atom is 0.416 e. The largest absolute Gasteiger partial charge is 0.416 e. The van der Waals surface area contributed by atoms with Gasteiger partial charge in [0.2, 0.25) is 0 Å². The van der Waals surface area contributed by atoms with Gasteiger partial charge in [-0.3, -0.25) is 14.7 Å². The van der Waals surface area contributed by atoms with Gasteiger partial charge in [-0.05, 0) is 60.8 Å². The summed E-state index contributed by atoms with van der Waals surface area (Å²) in [5, 5.41) is 8.56.